The molecule has 0 aromatic heterocycles. The van der Waals surface area contributed by atoms with E-state index >= 15 is 0 Å². The first-order valence-electron chi connectivity index (χ1n) is 7.97. The van der Waals surface area contributed by atoms with Crippen molar-refractivity contribution < 1.29 is 27.8 Å². The summed E-state index contributed by atoms with van der Waals surface area (Å²) in [5, 5.41) is 6.07. The minimum Gasteiger partial charge on any atom is -0.493 e. The molecule has 1 heterocycles. The third-order valence-electron chi connectivity index (χ3n) is 3.85. The summed E-state index contributed by atoms with van der Waals surface area (Å²) in [6.07, 6.45) is 0. The number of nitrogens with one attached hydrogen (secondary N) is 2. The van der Waals surface area contributed by atoms with Crippen LogP contribution in [0, 0.1) is 0 Å². The zero-order valence-electron chi connectivity index (χ0n) is 14.7. The number of piperazine rings is 1. The quantitative estimate of drug-likeness (QED) is 0.692. The van der Waals surface area contributed by atoms with Gasteiger partial charge < -0.3 is 24.8 Å². The summed E-state index contributed by atoms with van der Waals surface area (Å²) >= 11 is 0. The average Bonchev–Trinajstić information content (AvgIpc) is 2.62. The monoisotopic (exact) mass is 395 g/mol. The highest BCUT2D eigenvalue weighted by atomic mass is 35.5. The largest absolute Gasteiger partial charge is 0.493 e. The fourth-order valence-electron chi connectivity index (χ4n) is 2.58. The maximum Gasteiger partial charge on any atom is 0.387 e. The standard InChI is InChI=1S/C16H23F2N3O4.ClH/c1-23-12-9-11(10-13(24-2)14(12)25-16(17)18)15(22)20-5-8-21-6-3-19-4-7-21;/h9-10,16,19H,3-8H2,1-2H3,(H,20,22);1H. The van der Waals surface area contributed by atoms with Crippen LogP contribution in [0.2, 0.25) is 0 Å². The SMILES string of the molecule is COc1cc(C(=O)NCCN2CCNCC2)cc(OC)c1OC(F)F.Cl. The number of carbonyl (C=O) groups is 1. The van der Waals surface area contributed by atoms with Crippen LogP contribution in [0.4, 0.5) is 8.78 Å². The van der Waals surface area contributed by atoms with E-state index in [1.54, 1.807) is 0 Å². The molecule has 1 aliphatic rings. The van der Waals surface area contributed by atoms with Gasteiger partial charge in [-0.05, 0) is 12.1 Å². The number of rotatable bonds is 8. The van der Waals surface area contributed by atoms with Gasteiger partial charge in [0.25, 0.3) is 5.91 Å². The van der Waals surface area contributed by atoms with Crippen LogP contribution in [-0.4, -0.2) is 70.9 Å². The van der Waals surface area contributed by atoms with Crippen molar-refractivity contribution in [3.05, 3.63) is 17.7 Å². The second-order valence-electron chi connectivity index (χ2n) is 5.44. The van der Waals surface area contributed by atoms with E-state index < -0.39 is 6.61 Å². The van der Waals surface area contributed by atoms with E-state index in [1.807, 2.05) is 0 Å². The smallest absolute Gasteiger partial charge is 0.387 e. The molecule has 10 heteroatoms. The molecule has 0 unspecified atom stereocenters. The summed E-state index contributed by atoms with van der Waals surface area (Å²) in [5.41, 5.74) is 0.246. The molecule has 1 amide bonds. The number of benzene rings is 1. The van der Waals surface area contributed by atoms with Gasteiger partial charge in [-0.25, -0.2) is 0 Å². The van der Waals surface area contributed by atoms with E-state index in [2.05, 4.69) is 20.3 Å². The lowest BCUT2D eigenvalue weighted by molar-refractivity contribution is -0.0526. The number of alkyl halides is 2. The van der Waals surface area contributed by atoms with E-state index in [0.29, 0.717) is 6.54 Å². The highest BCUT2D eigenvalue weighted by Crippen LogP contribution is 2.39. The molecule has 1 aliphatic heterocycles. The number of hydrogen-bond donors (Lipinski definition) is 2. The molecule has 2 rings (SSSR count). The summed E-state index contributed by atoms with van der Waals surface area (Å²) in [7, 11) is 2.61. The van der Waals surface area contributed by atoms with Crippen molar-refractivity contribution >= 4 is 18.3 Å². The van der Waals surface area contributed by atoms with E-state index in [9.17, 15) is 13.6 Å². The number of methoxy groups -OCH3 is 2. The molecule has 0 radical (unpaired) electrons. The summed E-state index contributed by atoms with van der Waals surface area (Å²) < 4.78 is 39.6. The van der Waals surface area contributed by atoms with Gasteiger partial charge in [-0.1, -0.05) is 0 Å². The number of carbonyl (C=O) groups excluding carboxylic acids is 1. The fraction of sp³-hybridized carbons (Fsp3) is 0.562. The molecular weight excluding hydrogens is 372 g/mol. The van der Waals surface area contributed by atoms with Crippen molar-refractivity contribution in [1.29, 1.82) is 0 Å². The third-order valence-corrected chi connectivity index (χ3v) is 3.85. The van der Waals surface area contributed by atoms with Crippen molar-refractivity contribution in [2.24, 2.45) is 0 Å². The van der Waals surface area contributed by atoms with Crippen LogP contribution in [0.5, 0.6) is 17.2 Å². The Morgan fingerprint density at radius 3 is 2.31 bits per heavy atom. The molecular formula is C16H24ClF2N3O4. The van der Waals surface area contributed by atoms with Crippen LogP contribution in [0.3, 0.4) is 0 Å². The molecule has 0 bridgehead atoms. The van der Waals surface area contributed by atoms with E-state index in [-0.39, 0.29) is 41.1 Å². The molecule has 148 valence electrons. The van der Waals surface area contributed by atoms with Crippen molar-refractivity contribution in [2.45, 2.75) is 6.61 Å². The van der Waals surface area contributed by atoms with Crippen LogP contribution in [0.25, 0.3) is 0 Å². The Morgan fingerprint density at radius 1 is 1.23 bits per heavy atom. The van der Waals surface area contributed by atoms with Crippen LogP contribution < -0.4 is 24.8 Å². The van der Waals surface area contributed by atoms with Crippen LogP contribution in [-0.2, 0) is 0 Å². The molecule has 7 nitrogen and oxygen atoms in total. The van der Waals surface area contributed by atoms with Crippen molar-refractivity contribution in [3.8, 4) is 17.2 Å². The lowest BCUT2D eigenvalue weighted by atomic mass is 10.1. The van der Waals surface area contributed by atoms with E-state index in [1.165, 1.54) is 26.4 Å². The second-order valence-corrected chi connectivity index (χ2v) is 5.44. The molecule has 1 aromatic carbocycles. The van der Waals surface area contributed by atoms with Gasteiger partial charge in [0.05, 0.1) is 14.2 Å². The van der Waals surface area contributed by atoms with Crippen molar-refractivity contribution in [1.82, 2.24) is 15.5 Å². The Morgan fingerprint density at radius 2 is 1.81 bits per heavy atom. The van der Waals surface area contributed by atoms with Crippen LogP contribution in [0.1, 0.15) is 10.4 Å². The summed E-state index contributed by atoms with van der Waals surface area (Å²) in [5.74, 6) is -0.563. The van der Waals surface area contributed by atoms with E-state index in [4.69, 9.17) is 9.47 Å². The van der Waals surface area contributed by atoms with Gasteiger partial charge in [0.1, 0.15) is 0 Å². The number of halogens is 3. The Kier molecular flexibility index (Phi) is 9.39. The van der Waals surface area contributed by atoms with E-state index in [0.717, 1.165) is 32.7 Å². The predicted octanol–water partition coefficient (Wildman–Crippen LogP) is 1.36. The van der Waals surface area contributed by atoms with Gasteiger partial charge >= 0.3 is 6.61 Å². The fourth-order valence-corrected chi connectivity index (χ4v) is 2.58. The van der Waals surface area contributed by atoms with Crippen LogP contribution >= 0.6 is 12.4 Å². The molecule has 1 aromatic rings. The Labute approximate surface area is 157 Å². The normalized spacial score (nSPS) is 14.5. The molecule has 0 spiro atoms. The molecule has 0 saturated carbocycles. The minimum atomic E-state index is -3.03. The Hall–Kier alpha value is -1.84. The summed E-state index contributed by atoms with van der Waals surface area (Å²) in [6, 6.07) is 2.70. The molecule has 0 atom stereocenters. The van der Waals surface area contributed by atoms with Gasteiger partial charge in [-0.15, -0.1) is 12.4 Å². The maximum absolute atomic E-state index is 12.5. The topological polar surface area (TPSA) is 72.1 Å². The van der Waals surface area contributed by atoms with Gasteiger partial charge in [0.15, 0.2) is 11.5 Å². The summed E-state index contributed by atoms with van der Waals surface area (Å²) in [4.78, 5) is 14.6. The van der Waals surface area contributed by atoms with Gasteiger partial charge in [0, 0.05) is 44.8 Å². The van der Waals surface area contributed by atoms with Gasteiger partial charge in [-0.2, -0.15) is 8.78 Å². The Balaban J connectivity index is 0.00000338. The molecule has 26 heavy (non-hydrogen) atoms. The lowest BCUT2D eigenvalue weighted by Crippen LogP contribution is -2.46. The zero-order chi connectivity index (χ0) is 18.2. The van der Waals surface area contributed by atoms with Gasteiger partial charge in [-0.3, -0.25) is 9.69 Å². The van der Waals surface area contributed by atoms with Crippen LogP contribution in [0.15, 0.2) is 12.1 Å². The number of nitrogens with zero attached hydrogens (tertiary/aromatic N) is 1. The number of hydrogen-bond acceptors (Lipinski definition) is 6. The predicted molar refractivity (Wildman–Crippen MR) is 95.1 cm³/mol. The molecule has 1 fully saturated rings. The average molecular weight is 396 g/mol. The number of amides is 1. The third kappa shape index (κ3) is 6.15. The first kappa shape index (κ1) is 22.2. The zero-order valence-corrected chi connectivity index (χ0v) is 15.5. The maximum atomic E-state index is 12.5. The molecule has 1 saturated heterocycles. The second kappa shape index (κ2) is 11.0. The van der Waals surface area contributed by atoms with Gasteiger partial charge in [0.2, 0.25) is 5.75 Å². The first-order chi connectivity index (χ1) is 12.0. The molecule has 2 N–H and O–H groups in total. The van der Waals surface area contributed by atoms with Crippen molar-refractivity contribution in [2.75, 3.05) is 53.5 Å². The highest BCUT2D eigenvalue weighted by Gasteiger charge is 2.20. The minimum absolute atomic E-state index is 0. The highest BCUT2D eigenvalue weighted by molar-refractivity contribution is 5.95. The molecule has 0 aliphatic carbocycles. The van der Waals surface area contributed by atoms with Crippen molar-refractivity contribution in [3.63, 3.8) is 0 Å². The number of ether oxygens (including phenoxy) is 3. The Bertz CT molecular complexity index is 562. The lowest BCUT2D eigenvalue weighted by Gasteiger charge is -2.27. The summed E-state index contributed by atoms with van der Waals surface area (Å²) in [6.45, 7) is 1.96. The first-order valence-corrected chi connectivity index (χ1v) is 7.97.